The normalized spacial score (nSPS) is 10.4. The minimum atomic E-state index is -0.490. The fourth-order valence-electron chi connectivity index (χ4n) is 3.39. The number of benzene rings is 3. The van der Waals surface area contributed by atoms with E-state index in [4.69, 9.17) is 0 Å². The van der Waals surface area contributed by atoms with Gasteiger partial charge in [-0.1, -0.05) is 30.3 Å². The number of nitrogens with one attached hydrogen (secondary N) is 3. The van der Waals surface area contributed by atoms with Gasteiger partial charge in [0.15, 0.2) is 5.69 Å². The molecule has 0 aliphatic rings. The number of anilines is 2. The van der Waals surface area contributed by atoms with Gasteiger partial charge in [-0.25, -0.2) is 9.48 Å². The molecule has 10 heteroatoms. The largest absolute Gasteiger partial charge is 0.347 e. The summed E-state index contributed by atoms with van der Waals surface area (Å²) in [5, 5.41) is 23.5. The topological polar surface area (TPSA) is 131 Å². The van der Waals surface area contributed by atoms with Crippen LogP contribution in [0.3, 0.4) is 0 Å². The van der Waals surface area contributed by atoms with Crippen LogP contribution in [0.5, 0.6) is 0 Å². The van der Waals surface area contributed by atoms with Crippen LogP contribution in [0.2, 0.25) is 0 Å². The molecular formula is C25H22N6O4. The Labute approximate surface area is 200 Å². The van der Waals surface area contributed by atoms with Crippen LogP contribution in [0.25, 0.3) is 5.69 Å². The van der Waals surface area contributed by atoms with E-state index in [-0.39, 0.29) is 24.0 Å². The van der Waals surface area contributed by atoms with Gasteiger partial charge >= 0.3 is 6.03 Å². The molecule has 0 saturated heterocycles. The van der Waals surface area contributed by atoms with Crippen LogP contribution in [-0.2, 0) is 6.54 Å². The molecule has 0 aliphatic carbocycles. The van der Waals surface area contributed by atoms with Gasteiger partial charge in [-0.05, 0) is 54.4 Å². The number of urea groups is 1. The highest BCUT2D eigenvalue weighted by atomic mass is 16.6. The van der Waals surface area contributed by atoms with Crippen molar-refractivity contribution in [3.8, 4) is 5.69 Å². The molecular weight excluding hydrogens is 448 g/mol. The Balaban J connectivity index is 1.35. The summed E-state index contributed by atoms with van der Waals surface area (Å²) < 4.78 is 1.40. The van der Waals surface area contributed by atoms with Crippen LogP contribution in [-0.4, -0.2) is 26.6 Å². The minimum absolute atomic E-state index is 0.0648. The van der Waals surface area contributed by atoms with E-state index in [0.29, 0.717) is 17.1 Å². The number of amides is 3. The van der Waals surface area contributed by atoms with Crippen LogP contribution >= 0.6 is 0 Å². The van der Waals surface area contributed by atoms with Crippen molar-refractivity contribution < 1.29 is 14.5 Å². The van der Waals surface area contributed by atoms with E-state index in [1.807, 2.05) is 31.2 Å². The van der Waals surface area contributed by atoms with Crippen molar-refractivity contribution in [1.29, 1.82) is 0 Å². The highest BCUT2D eigenvalue weighted by Gasteiger charge is 2.12. The monoisotopic (exact) mass is 470 g/mol. The van der Waals surface area contributed by atoms with Gasteiger partial charge in [0.2, 0.25) is 0 Å². The van der Waals surface area contributed by atoms with Crippen molar-refractivity contribution in [1.82, 2.24) is 15.1 Å². The molecule has 176 valence electrons. The smallest absolute Gasteiger partial charge is 0.323 e. The van der Waals surface area contributed by atoms with Crippen molar-refractivity contribution in [2.24, 2.45) is 0 Å². The average Bonchev–Trinajstić information content (AvgIpc) is 3.33. The zero-order valence-electron chi connectivity index (χ0n) is 18.8. The maximum Gasteiger partial charge on any atom is 0.323 e. The zero-order valence-corrected chi connectivity index (χ0v) is 18.8. The Hall–Kier alpha value is -4.99. The Bertz CT molecular complexity index is 1400. The van der Waals surface area contributed by atoms with Gasteiger partial charge in [0.05, 0.1) is 10.6 Å². The molecule has 3 N–H and O–H groups in total. The molecule has 0 radical (unpaired) electrons. The second-order valence-corrected chi connectivity index (χ2v) is 7.75. The van der Waals surface area contributed by atoms with Crippen molar-refractivity contribution in [2.45, 2.75) is 13.5 Å². The fourth-order valence-corrected chi connectivity index (χ4v) is 3.39. The van der Waals surface area contributed by atoms with E-state index in [2.05, 4.69) is 21.0 Å². The van der Waals surface area contributed by atoms with Crippen molar-refractivity contribution in [3.05, 3.63) is 112 Å². The standard InChI is InChI=1S/C25H22N6O4/c1-17-5-2-7-19(13-17)27-25(33)28-20-8-3-6-18(14-20)16-26-24(32)23-11-12-30(29-23)21-9-4-10-22(15-21)31(34)35/h2-15H,16H2,1H3,(H,26,32)(H2,27,28,33). The number of nitro benzene ring substituents is 1. The molecule has 3 amide bonds. The predicted molar refractivity (Wildman–Crippen MR) is 132 cm³/mol. The maximum atomic E-state index is 12.6. The number of non-ortho nitro benzene ring substituents is 1. The molecule has 0 aliphatic heterocycles. The summed E-state index contributed by atoms with van der Waals surface area (Å²) in [6.45, 7) is 2.16. The predicted octanol–water partition coefficient (Wildman–Crippen LogP) is 4.66. The molecule has 1 heterocycles. The van der Waals surface area contributed by atoms with Gasteiger partial charge in [0.1, 0.15) is 0 Å². The number of aromatic nitrogens is 2. The summed E-state index contributed by atoms with van der Waals surface area (Å²) in [4.78, 5) is 35.3. The lowest BCUT2D eigenvalue weighted by Gasteiger charge is -2.10. The van der Waals surface area contributed by atoms with Crippen LogP contribution in [0.1, 0.15) is 21.6 Å². The second-order valence-electron chi connectivity index (χ2n) is 7.75. The molecule has 1 aromatic heterocycles. The number of carbonyl (C=O) groups is 2. The Morgan fingerprint density at radius 2 is 1.66 bits per heavy atom. The van der Waals surface area contributed by atoms with E-state index in [1.165, 1.54) is 22.9 Å². The Morgan fingerprint density at radius 3 is 2.40 bits per heavy atom. The molecule has 0 bridgehead atoms. The molecule has 10 nitrogen and oxygen atoms in total. The lowest BCUT2D eigenvalue weighted by molar-refractivity contribution is -0.384. The maximum absolute atomic E-state index is 12.6. The van der Waals surface area contributed by atoms with Gasteiger partial charge in [0, 0.05) is 36.2 Å². The van der Waals surface area contributed by atoms with E-state index in [1.54, 1.807) is 42.6 Å². The van der Waals surface area contributed by atoms with Crippen LogP contribution in [0.4, 0.5) is 21.9 Å². The first-order valence-electron chi connectivity index (χ1n) is 10.7. The van der Waals surface area contributed by atoms with Crippen molar-refractivity contribution >= 4 is 29.0 Å². The van der Waals surface area contributed by atoms with E-state index in [0.717, 1.165) is 11.1 Å². The van der Waals surface area contributed by atoms with E-state index < -0.39 is 10.8 Å². The lowest BCUT2D eigenvalue weighted by atomic mass is 10.2. The summed E-state index contributed by atoms with van der Waals surface area (Å²) in [5.74, 6) is -0.398. The third-order valence-electron chi connectivity index (χ3n) is 5.04. The number of hydrogen-bond acceptors (Lipinski definition) is 5. The fraction of sp³-hybridized carbons (Fsp3) is 0.0800. The molecule has 0 saturated carbocycles. The Kier molecular flexibility index (Phi) is 6.82. The quantitative estimate of drug-likeness (QED) is 0.267. The van der Waals surface area contributed by atoms with Crippen LogP contribution in [0.15, 0.2) is 85.1 Å². The molecule has 4 aromatic rings. The van der Waals surface area contributed by atoms with Gasteiger partial charge < -0.3 is 16.0 Å². The zero-order chi connectivity index (χ0) is 24.8. The third-order valence-corrected chi connectivity index (χ3v) is 5.04. The summed E-state index contributed by atoms with van der Waals surface area (Å²) >= 11 is 0. The van der Waals surface area contributed by atoms with Crippen LogP contribution < -0.4 is 16.0 Å². The van der Waals surface area contributed by atoms with Crippen LogP contribution in [0, 0.1) is 17.0 Å². The summed E-state index contributed by atoms with van der Waals surface area (Å²) in [5.41, 5.74) is 3.67. The first kappa shape index (κ1) is 23.2. The van der Waals surface area contributed by atoms with E-state index >= 15 is 0 Å². The number of hydrogen-bond donors (Lipinski definition) is 3. The number of nitrogens with zero attached hydrogens (tertiary/aromatic N) is 3. The number of carbonyl (C=O) groups excluding carboxylic acids is 2. The molecule has 4 rings (SSSR count). The molecule has 0 fully saturated rings. The minimum Gasteiger partial charge on any atom is -0.347 e. The highest BCUT2D eigenvalue weighted by Crippen LogP contribution is 2.17. The highest BCUT2D eigenvalue weighted by molar-refractivity contribution is 5.99. The second kappa shape index (κ2) is 10.3. The number of rotatable bonds is 7. The van der Waals surface area contributed by atoms with Crippen molar-refractivity contribution in [2.75, 3.05) is 10.6 Å². The Morgan fingerprint density at radius 1 is 0.943 bits per heavy atom. The van der Waals surface area contributed by atoms with Gasteiger partial charge in [0.25, 0.3) is 11.6 Å². The van der Waals surface area contributed by atoms with Gasteiger partial charge in [-0.15, -0.1) is 0 Å². The van der Waals surface area contributed by atoms with Gasteiger partial charge in [-0.2, -0.15) is 5.10 Å². The molecule has 3 aromatic carbocycles. The average molecular weight is 470 g/mol. The first-order valence-corrected chi connectivity index (χ1v) is 10.7. The number of nitro groups is 1. The third kappa shape index (κ3) is 6.08. The number of aryl methyl sites for hydroxylation is 1. The van der Waals surface area contributed by atoms with E-state index in [9.17, 15) is 19.7 Å². The summed E-state index contributed by atoms with van der Waals surface area (Å²) in [6.07, 6.45) is 1.56. The van der Waals surface area contributed by atoms with Crippen molar-refractivity contribution in [3.63, 3.8) is 0 Å². The summed E-state index contributed by atoms with van der Waals surface area (Å²) in [7, 11) is 0. The SMILES string of the molecule is Cc1cccc(NC(=O)Nc2cccc(CNC(=O)c3ccn(-c4cccc([N+](=O)[O-])c4)n3)c2)c1. The summed E-state index contributed by atoms with van der Waals surface area (Å²) in [6, 6.07) is 21.7. The first-order chi connectivity index (χ1) is 16.9. The lowest BCUT2D eigenvalue weighted by Crippen LogP contribution is -2.23. The van der Waals surface area contributed by atoms with Gasteiger partial charge in [-0.3, -0.25) is 14.9 Å². The molecule has 0 atom stereocenters. The molecule has 35 heavy (non-hydrogen) atoms. The molecule has 0 spiro atoms. The molecule has 0 unspecified atom stereocenters.